The lowest BCUT2D eigenvalue weighted by molar-refractivity contribution is 0.0697. The molecule has 0 saturated heterocycles. The number of carboxylic acids is 1. The highest BCUT2D eigenvalue weighted by molar-refractivity contribution is 7.99. The first-order chi connectivity index (χ1) is 14.9. The van der Waals surface area contributed by atoms with Gasteiger partial charge >= 0.3 is 5.97 Å². The van der Waals surface area contributed by atoms with Gasteiger partial charge in [0.25, 0.3) is 0 Å². The van der Waals surface area contributed by atoms with Crippen LogP contribution in [0.5, 0.6) is 0 Å². The Labute approximate surface area is 189 Å². The first kappa shape index (κ1) is 21.5. The normalized spacial score (nSPS) is 16.1. The molecule has 1 unspecified atom stereocenters. The van der Waals surface area contributed by atoms with Crippen molar-refractivity contribution in [1.82, 2.24) is 0 Å². The Hall–Kier alpha value is -2.78. The molecule has 0 fully saturated rings. The van der Waals surface area contributed by atoms with E-state index in [1.165, 1.54) is 33.8 Å². The van der Waals surface area contributed by atoms with Crippen molar-refractivity contribution < 1.29 is 9.90 Å². The van der Waals surface area contributed by atoms with E-state index in [-0.39, 0.29) is 11.3 Å². The molecule has 1 aliphatic rings. The molecule has 0 amide bonds. The number of benzene rings is 3. The fourth-order valence-corrected chi connectivity index (χ4v) is 5.60. The zero-order chi connectivity index (χ0) is 21.8. The molecule has 3 aromatic carbocycles. The number of fused-ring (bicyclic) bond motifs is 1. The van der Waals surface area contributed by atoms with Gasteiger partial charge in [0.2, 0.25) is 0 Å². The molecule has 1 atom stereocenters. The van der Waals surface area contributed by atoms with Crippen LogP contribution in [0.1, 0.15) is 58.8 Å². The maximum Gasteiger partial charge on any atom is 0.335 e. The molecule has 0 aromatic heterocycles. The van der Waals surface area contributed by atoms with Crippen LogP contribution >= 0.6 is 11.8 Å². The summed E-state index contributed by atoms with van der Waals surface area (Å²) in [5.41, 5.74) is 5.62. The molecule has 3 heteroatoms. The Morgan fingerprint density at radius 1 is 1.06 bits per heavy atom. The first-order valence-corrected chi connectivity index (χ1v) is 11.7. The van der Waals surface area contributed by atoms with Crippen molar-refractivity contribution in [3.05, 3.63) is 107 Å². The summed E-state index contributed by atoms with van der Waals surface area (Å²) in [4.78, 5) is 12.5. The molecule has 158 valence electrons. The molecule has 3 aromatic rings. The number of carboxylic acid groups (broad SMARTS) is 1. The Bertz CT molecular complexity index is 1080. The van der Waals surface area contributed by atoms with Crippen LogP contribution in [0.2, 0.25) is 0 Å². The summed E-state index contributed by atoms with van der Waals surface area (Å²) in [5.74, 6) is 0.528. The highest BCUT2D eigenvalue weighted by Gasteiger charge is 2.28. The number of allylic oxidation sites excluding steroid dienone is 1. The van der Waals surface area contributed by atoms with Crippen molar-refractivity contribution in [1.29, 1.82) is 0 Å². The molecule has 4 rings (SSSR count). The van der Waals surface area contributed by atoms with Gasteiger partial charge in [-0.3, -0.25) is 0 Å². The van der Waals surface area contributed by atoms with E-state index in [4.69, 9.17) is 5.11 Å². The number of thioether (sulfide) groups is 1. The van der Waals surface area contributed by atoms with Crippen LogP contribution in [0.15, 0.2) is 83.8 Å². The number of aromatic carboxylic acids is 1. The van der Waals surface area contributed by atoms with Crippen molar-refractivity contribution in [2.45, 2.75) is 42.9 Å². The Morgan fingerprint density at radius 3 is 2.52 bits per heavy atom. The van der Waals surface area contributed by atoms with Crippen molar-refractivity contribution in [2.24, 2.45) is 0 Å². The number of hydrogen-bond donors (Lipinski definition) is 1. The minimum atomic E-state index is -0.896. The van der Waals surface area contributed by atoms with Gasteiger partial charge in [0.15, 0.2) is 0 Å². The lowest BCUT2D eigenvalue weighted by atomic mass is 9.79. The third kappa shape index (κ3) is 5.11. The van der Waals surface area contributed by atoms with Gasteiger partial charge < -0.3 is 5.11 Å². The second-order valence-corrected chi connectivity index (χ2v) is 9.96. The van der Waals surface area contributed by atoms with E-state index >= 15 is 0 Å². The van der Waals surface area contributed by atoms with Crippen LogP contribution in [0.4, 0.5) is 0 Å². The van der Waals surface area contributed by atoms with E-state index in [2.05, 4.69) is 74.5 Å². The van der Waals surface area contributed by atoms with Crippen molar-refractivity contribution in [3.8, 4) is 0 Å². The molecule has 1 N–H and O–H groups in total. The van der Waals surface area contributed by atoms with Crippen molar-refractivity contribution >= 4 is 23.8 Å². The monoisotopic (exact) mass is 428 g/mol. The molecule has 0 spiro atoms. The predicted molar refractivity (Wildman–Crippen MR) is 130 cm³/mol. The summed E-state index contributed by atoms with van der Waals surface area (Å²) in [7, 11) is 0. The van der Waals surface area contributed by atoms with E-state index in [1.807, 2.05) is 23.9 Å². The van der Waals surface area contributed by atoms with Gasteiger partial charge in [-0.2, -0.15) is 0 Å². The summed E-state index contributed by atoms with van der Waals surface area (Å²) < 4.78 is 0. The van der Waals surface area contributed by atoms with Crippen LogP contribution < -0.4 is 0 Å². The molecule has 0 aliphatic carbocycles. The predicted octanol–water partition coefficient (Wildman–Crippen LogP) is 7.20. The van der Waals surface area contributed by atoms with Crippen LogP contribution in [0, 0.1) is 0 Å². The van der Waals surface area contributed by atoms with E-state index in [1.54, 1.807) is 12.1 Å². The summed E-state index contributed by atoms with van der Waals surface area (Å²) >= 11 is 1.96. The maximum atomic E-state index is 11.1. The van der Waals surface area contributed by atoms with E-state index in [0.29, 0.717) is 5.56 Å². The molecular weight excluding hydrogens is 400 g/mol. The average molecular weight is 429 g/mol. The Morgan fingerprint density at radius 2 is 1.81 bits per heavy atom. The van der Waals surface area contributed by atoms with Crippen LogP contribution in [0.25, 0.3) is 6.08 Å². The minimum absolute atomic E-state index is 0.199. The summed E-state index contributed by atoms with van der Waals surface area (Å²) in [6, 6.07) is 24.6. The van der Waals surface area contributed by atoms with Crippen LogP contribution in [-0.4, -0.2) is 16.8 Å². The minimum Gasteiger partial charge on any atom is -0.478 e. The topological polar surface area (TPSA) is 37.3 Å². The van der Waals surface area contributed by atoms with Gasteiger partial charge in [-0.05, 0) is 64.5 Å². The van der Waals surface area contributed by atoms with Crippen LogP contribution in [0.3, 0.4) is 0 Å². The van der Waals surface area contributed by atoms with Gasteiger partial charge in [-0.25, -0.2) is 4.79 Å². The highest BCUT2D eigenvalue weighted by atomic mass is 32.2. The number of hydrogen-bond acceptors (Lipinski definition) is 2. The molecule has 0 bridgehead atoms. The number of rotatable bonds is 6. The van der Waals surface area contributed by atoms with Gasteiger partial charge in [0.1, 0.15) is 0 Å². The third-order valence-corrected chi connectivity index (χ3v) is 7.20. The molecular formula is C28H28O2S. The fourth-order valence-electron chi connectivity index (χ4n) is 4.11. The van der Waals surface area contributed by atoms with Crippen molar-refractivity contribution in [3.63, 3.8) is 0 Å². The molecule has 1 aliphatic heterocycles. The van der Waals surface area contributed by atoms with Crippen molar-refractivity contribution in [2.75, 3.05) is 5.75 Å². The molecule has 0 radical (unpaired) electrons. The highest BCUT2D eigenvalue weighted by Crippen LogP contribution is 2.42. The standard InChI is InChI=1S/C28H28O2S/c1-28(2)16-17-31-26-15-14-24(19-25(26)28)23(18-21-6-4-3-5-7-21)13-10-20-8-11-22(12-9-20)27(29)30/h3-15,19,23H,16-18H2,1-2H3,(H,29,30)/b13-10+. The summed E-state index contributed by atoms with van der Waals surface area (Å²) in [6.45, 7) is 4.70. The maximum absolute atomic E-state index is 11.1. The fraction of sp³-hybridized carbons (Fsp3) is 0.250. The Balaban J connectivity index is 1.67. The molecule has 1 heterocycles. The van der Waals surface area contributed by atoms with E-state index in [9.17, 15) is 4.79 Å². The van der Waals surface area contributed by atoms with E-state index < -0.39 is 5.97 Å². The van der Waals surface area contributed by atoms with Crippen LogP contribution in [-0.2, 0) is 11.8 Å². The Kier molecular flexibility index (Phi) is 6.33. The quantitative estimate of drug-likeness (QED) is 0.451. The second kappa shape index (κ2) is 9.15. The molecule has 31 heavy (non-hydrogen) atoms. The zero-order valence-electron chi connectivity index (χ0n) is 18.0. The zero-order valence-corrected chi connectivity index (χ0v) is 18.9. The molecule has 0 saturated carbocycles. The third-order valence-electron chi connectivity index (χ3n) is 6.12. The first-order valence-electron chi connectivity index (χ1n) is 10.7. The smallest absolute Gasteiger partial charge is 0.335 e. The SMILES string of the molecule is CC1(C)CCSc2ccc(C(/C=C/c3ccc(C(=O)O)cc3)Cc3ccccc3)cc21. The van der Waals surface area contributed by atoms with Gasteiger partial charge in [0.05, 0.1) is 5.56 Å². The summed E-state index contributed by atoms with van der Waals surface area (Å²) in [5, 5.41) is 9.13. The lowest BCUT2D eigenvalue weighted by Gasteiger charge is -2.33. The van der Waals surface area contributed by atoms with Gasteiger partial charge in [-0.1, -0.05) is 80.6 Å². The van der Waals surface area contributed by atoms with Gasteiger partial charge in [0, 0.05) is 10.8 Å². The van der Waals surface area contributed by atoms with Gasteiger partial charge in [-0.15, -0.1) is 11.8 Å². The lowest BCUT2D eigenvalue weighted by Crippen LogP contribution is -2.23. The van der Waals surface area contributed by atoms with E-state index in [0.717, 1.165) is 12.0 Å². The second-order valence-electron chi connectivity index (χ2n) is 8.82. The molecule has 2 nitrogen and oxygen atoms in total. The summed E-state index contributed by atoms with van der Waals surface area (Å²) in [6.07, 6.45) is 6.49. The largest absolute Gasteiger partial charge is 0.478 e. The number of carbonyl (C=O) groups is 1. The average Bonchev–Trinajstić information content (AvgIpc) is 2.77.